The van der Waals surface area contributed by atoms with Crippen LogP contribution in [0.1, 0.15) is 78.8 Å². The molecular formula is C60H55N. The molecule has 0 saturated carbocycles. The fraction of sp³-hybridized carbons (Fsp3) is 0.183. The molecule has 6 aromatic rings. The summed E-state index contributed by atoms with van der Waals surface area (Å²) in [4.78, 5) is 5.40. The maximum absolute atomic E-state index is 5.40. The van der Waals surface area contributed by atoms with E-state index in [9.17, 15) is 0 Å². The van der Waals surface area contributed by atoms with Crippen LogP contribution in [0, 0.1) is 18.8 Å². The first kappa shape index (κ1) is 39.9. The molecule has 0 saturated heterocycles. The average molecular weight is 790 g/mol. The van der Waals surface area contributed by atoms with Crippen molar-refractivity contribution in [3.8, 4) is 11.1 Å². The minimum atomic E-state index is -0.326. The molecule has 4 unspecified atom stereocenters. The Kier molecular flexibility index (Phi) is 11.2. The fourth-order valence-corrected chi connectivity index (χ4v) is 9.99. The van der Waals surface area contributed by atoms with E-state index in [4.69, 9.17) is 4.99 Å². The summed E-state index contributed by atoms with van der Waals surface area (Å²) in [5.41, 5.74) is 16.2. The first-order chi connectivity index (χ1) is 29.8. The number of benzene rings is 6. The summed E-state index contributed by atoms with van der Waals surface area (Å²) in [7, 11) is 0. The van der Waals surface area contributed by atoms with Crippen LogP contribution in [0.5, 0.6) is 0 Å². The van der Waals surface area contributed by atoms with E-state index in [1.807, 2.05) is 6.08 Å². The summed E-state index contributed by atoms with van der Waals surface area (Å²) in [6.45, 7) is 13.8. The summed E-state index contributed by atoms with van der Waals surface area (Å²) in [6, 6.07) is 53.3. The SMILES string of the molecule is C=C/C(=C\[C@@](C)(c1ccc(C2=NC=C(C3=CC=C4C=CC=CC4C3)CC2c2ccc3ccccc3c2C)cc1)C(C)C(C)c1ccccc1)c1ccc(-c2ccccc2)cc1. The zero-order chi connectivity index (χ0) is 41.9. The molecule has 1 heteroatoms. The van der Waals surface area contributed by atoms with Crippen LogP contribution in [0.2, 0.25) is 0 Å². The minimum absolute atomic E-state index is 0.123. The average Bonchev–Trinajstić information content (AvgIpc) is 3.33. The number of rotatable bonds is 11. The highest BCUT2D eigenvalue weighted by Crippen LogP contribution is 2.45. The number of fused-ring (bicyclic) bond motifs is 2. The lowest BCUT2D eigenvalue weighted by atomic mass is 9.65. The lowest BCUT2D eigenvalue weighted by Crippen LogP contribution is -2.32. The van der Waals surface area contributed by atoms with Crippen LogP contribution in [-0.2, 0) is 5.41 Å². The van der Waals surface area contributed by atoms with Gasteiger partial charge in [-0.05, 0) is 109 Å². The first-order valence-electron chi connectivity index (χ1n) is 22.0. The van der Waals surface area contributed by atoms with Crippen molar-refractivity contribution >= 4 is 22.1 Å². The van der Waals surface area contributed by atoms with E-state index in [2.05, 4.69) is 229 Å². The molecule has 2 aliphatic carbocycles. The van der Waals surface area contributed by atoms with Gasteiger partial charge in [0.1, 0.15) is 0 Å². The Bertz CT molecular complexity index is 2790. The van der Waals surface area contributed by atoms with E-state index in [1.165, 1.54) is 72.0 Å². The Morgan fingerprint density at radius 2 is 1.39 bits per heavy atom. The second-order valence-corrected chi connectivity index (χ2v) is 17.4. The van der Waals surface area contributed by atoms with Crippen LogP contribution in [0.4, 0.5) is 0 Å². The first-order valence-corrected chi connectivity index (χ1v) is 22.0. The highest BCUT2D eigenvalue weighted by molar-refractivity contribution is 6.07. The van der Waals surface area contributed by atoms with E-state index in [1.54, 1.807) is 0 Å². The smallest absolute Gasteiger partial charge is 0.0554 e. The third-order valence-electron chi connectivity index (χ3n) is 14.1. The van der Waals surface area contributed by atoms with Crippen LogP contribution in [0.15, 0.2) is 229 Å². The number of aryl methyl sites for hydroxylation is 1. The van der Waals surface area contributed by atoms with Crippen molar-refractivity contribution in [1.82, 2.24) is 0 Å². The maximum Gasteiger partial charge on any atom is 0.0554 e. The van der Waals surface area contributed by atoms with Gasteiger partial charge >= 0.3 is 0 Å². The Morgan fingerprint density at radius 3 is 2.15 bits per heavy atom. The molecule has 0 spiro atoms. The van der Waals surface area contributed by atoms with Crippen LogP contribution in [-0.4, -0.2) is 5.71 Å². The molecule has 0 radical (unpaired) electrons. The van der Waals surface area contributed by atoms with E-state index < -0.39 is 0 Å². The summed E-state index contributed by atoms with van der Waals surface area (Å²) >= 11 is 0. The molecule has 0 fully saturated rings. The Labute approximate surface area is 363 Å². The number of allylic oxidation sites excluding steroid dienone is 12. The minimum Gasteiger partial charge on any atom is -0.260 e. The summed E-state index contributed by atoms with van der Waals surface area (Å²) in [6.07, 6.45) is 22.2. The van der Waals surface area contributed by atoms with Gasteiger partial charge in [0.2, 0.25) is 0 Å². The van der Waals surface area contributed by atoms with E-state index >= 15 is 0 Å². The van der Waals surface area contributed by atoms with Crippen molar-refractivity contribution in [3.63, 3.8) is 0 Å². The van der Waals surface area contributed by atoms with Crippen LogP contribution in [0.25, 0.3) is 27.5 Å². The molecule has 6 aromatic carbocycles. The zero-order valence-electron chi connectivity index (χ0n) is 35.9. The Hall–Kier alpha value is -6.57. The third kappa shape index (κ3) is 7.94. The van der Waals surface area contributed by atoms with Gasteiger partial charge in [-0.15, -0.1) is 0 Å². The largest absolute Gasteiger partial charge is 0.260 e. The fourth-order valence-electron chi connectivity index (χ4n) is 9.99. The molecule has 0 amide bonds. The van der Waals surface area contributed by atoms with Crippen LogP contribution >= 0.6 is 0 Å². The third-order valence-corrected chi connectivity index (χ3v) is 14.1. The topological polar surface area (TPSA) is 12.4 Å². The predicted octanol–water partition coefficient (Wildman–Crippen LogP) is 15.6. The number of hydrogen-bond donors (Lipinski definition) is 0. The van der Waals surface area contributed by atoms with Crippen molar-refractivity contribution in [2.24, 2.45) is 16.8 Å². The molecule has 1 nitrogen and oxygen atoms in total. The van der Waals surface area contributed by atoms with Gasteiger partial charge in [0.15, 0.2) is 0 Å². The van der Waals surface area contributed by atoms with Crippen LogP contribution < -0.4 is 0 Å². The quantitative estimate of drug-likeness (QED) is 0.116. The van der Waals surface area contributed by atoms with E-state index in [0.717, 1.165) is 24.1 Å². The van der Waals surface area contributed by atoms with E-state index in [0.29, 0.717) is 11.8 Å². The van der Waals surface area contributed by atoms with Crippen molar-refractivity contribution in [3.05, 3.63) is 257 Å². The highest BCUT2D eigenvalue weighted by Gasteiger charge is 2.36. The molecular weight excluding hydrogens is 735 g/mol. The monoisotopic (exact) mass is 789 g/mol. The number of nitrogens with zero attached hydrogens (tertiary/aromatic N) is 1. The van der Waals surface area contributed by atoms with Gasteiger partial charge in [-0.1, -0.05) is 222 Å². The molecule has 5 atom stereocenters. The number of aliphatic imine (C=N–C) groups is 1. The summed E-state index contributed by atoms with van der Waals surface area (Å²) in [5, 5.41) is 2.59. The van der Waals surface area contributed by atoms with Gasteiger partial charge in [0.05, 0.1) is 5.71 Å². The second-order valence-electron chi connectivity index (χ2n) is 17.4. The molecule has 1 aliphatic heterocycles. The second kappa shape index (κ2) is 17.2. The van der Waals surface area contributed by atoms with Gasteiger partial charge in [0.25, 0.3) is 0 Å². The predicted molar refractivity (Wildman–Crippen MR) is 261 cm³/mol. The van der Waals surface area contributed by atoms with Gasteiger partial charge in [-0.2, -0.15) is 0 Å². The normalized spacial score (nSPS) is 19.4. The van der Waals surface area contributed by atoms with Crippen molar-refractivity contribution in [2.75, 3.05) is 0 Å². The Balaban J connectivity index is 1.11. The molecule has 0 aromatic heterocycles. The number of hydrogen-bond acceptors (Lipinski definition) is 1. The summed E-state index contributed by atoms with van der Waals surface area (Å²) in [5.74, 6) is 1.12. The van der Waals surface area contributed by atoms with Gasteiger partial charge < -0.3 is 0 Å². The van der Waals surface area contributed by atoms with E-state index in [-0.39, 0.29) is 17.3 Å². The lowest BCUT2D eigenvalue weighted by molar-refractivity contribution is 0.337. The van der Waals surface area contributed by atoms with Crippen molar-refractivity contribution in [2.45, 2.75) is 57.8 Å². The van der Waals surface area contributed by atoms with Crippen molar-refractivity contribution < 1.29 is 0 Å². The molecule has 0 bridgehead atoms. The van der Waals surface area contributed by atoms with Gasteiger partial charge in [-0.3, -0.25) is 4.99 Å². The molecule has 3 aliphatic rings. The standard InChI is InChI=1S/C60H55N/c1-6-44(48-25-27-49(28-26-48)46-19-11-8-12-20-46)39-60(5,43(4)41(2)45-17-9-7-10-18-45)55-34-31-51(32-35-55)59-58(57-36-33-50-22-15-16-24-56(50)42(57)3)38-54(40-61-59)53-30-29-47-21-13-14-23-52(47)37-53/h6-36,39-41,43,52,58H,1,37-38H2,2-5H3/b44-39+/t41?,43?,52?,58?,60-/m1/s1. The molecule has 1 heterocycles. The van der Waals surface area contributed by atoms with Crippen LogP contribution in [0.3, 0.4) is 0 Å². The Morgan fingerprint density at radius 1 is 0.705 bits per heavy atom. The van der Waals surface area contributed by atoms with Crippen molar-refractivity contribution in [1.29, 1.82) is 0 Å². The molecule has 300 valence electrons. The lowest BCUT2D eigenvalue weighted by Gasteiger charge is -2.38. The summed E-state index contributed by atoms with van der Waals surface area (Å²) < 4.78 is 0. The zero-order valence-corrected chi connectivity index (χ0v) is 35.9. The molecule has 61 heavy (non-hydrogen) atoms. The molecule has 9 rings (SSSR count). The highest BCUT2D eigenvalue weighted by atomic mass is 14.7. The maximum atomic E-state index is 5.40. The van der Waals surface area contributed by atoms with Gasteiger partial charge in [0, 0.05) is 23.5 Å². The molecule has 0 N–H and O–H groups in total. The van der Waals surface area contributed by atoms with Gasteiger partial charge in [-0.25, -0.2) is 0 Å².